The zero-order valence-corrected chi connectivity index (χ0v) is 46.9. The van der Waals surface area contributed by atoms with Gasteiger partial charge in [-0.05, 0) is 134 Å². The number of aryl methyl sites for hydroxylation is 1. The number of nitrogens with zero attached hydrogens (tertiary/aromatic N) is 4. The molecule has 0 saturated carbocycles. The van der Waals surface area contributed by atoms with Crippen LogP contribution in [0, 0.1) is 16.7 Å². The topological polar surface area (TPSA) is 156 Å². The van der Waals surface area contributed by atoms with Gasteiger partial charge in [-0.1, -0.05) is 81.4 Å². The predicted octanol–water partition coefficient (Wildman–Crippen LogP) is 9.54. The quantitative estimate of drug-likeness (QED) is 0.0871. The van der Waals surface area contributed by atoms with Crippen LogP contribution in [0.15, 0.2) is 54.7 Å². The van der Waals surface area contributed by atoms with Crippen molar-refractivity contribution in [2.45, 2.75) is 169 Å². The average Bonchev–Trinajstić information content (AvgIpc) is 4.05. The Labute approximate surface area is 435 Å². The summed E-state index contributed by atoms with van der Waals surface area (Å²) in [5.41, 5.74) is 10.9. The summed E-state index contributed by atoms with van der Waals surface area (Å²) in [7, 11) is -0.802. The number of amides is 3. The van der Waals surface area contributed by atoms with Gasteiger partial charge in [0.25, 0.3) is 14.2 Å². The van der Waals surface area contributed by atoms with Crippen LogP contribution in [0.3, 0.4) is 0 Å². The molecule has 6 heterocycles. The zero-order valence-electron chi connectivity index (χ0n) is 45.9. The van der Waals surface area contributed by atoms with Gasteiger partial charge < -0.3 is 34.0 Å². The first-order valence-electron chi connectivity index (χ1n) is 27.2. The second-order valence-corrected chi connectivity index (χ2v) is 29.0. The SMILES string of the molecule is CCn1c(-c2cccnc2[C@H](C)OC)c2c3cc(ccc31)-c1cc(cc(O[Si](C(C)C)(C(C)C)C(C)C)c1)C[C@H](NC(=O)[C@H](C(C)C)N1CC[C@]3(CCNC3)C1=O)C(=O)N1CCC[C@H](N1)C(=O)OCC(C)(C)C2. The lowest BCUT2D eigenvalue weighted by Gasteiger charge is -2.42. The minimum atomic E-state index is -2.51. The van der Waals surface area contributed by atoms with E-state index in [1.165, 1.54) is 5.01 Å². The molecule has 4 aliphatic heterocycles. The van der Waals surface area contributed by atoms with Crippen LogP contribution in [0.5, 0.6) is 5.75 Å². The molecular weight excluding hydrogens is 935 g/mol. The highest BCUT2D eigenvalue weighted by atomic mass is 28.4. The van der Waals surface area contributed by atoms with E-state index in [-0.39, 0.29) is 42.8 Å². The summed E-state index contributed by atoms with van der Waals surface area (Å²) in [5, 5.41) is 9.18. The third kappa shape index (κ3) is 10.5. The first-order valence-corrected chi connectivity index (χ1v) is 29.3. The molecule has 3 saturated heterocycles. The fourth-order valence-corrected chi connectivity index (χ4v) is 18.2. The molecule has 0 unspecified atom stereocenters. The van der Waals surface area contributed by atoms with Gasteiger partial charge in [0.2, 0.25) is 11.8 Å². The Kier molecular flexibility index (Phi) is 16.1. The molecule has 3 N–H and O–H groups in total. The minimum absolute atomic E-state index is 0.000787. The lowest BCUT2D eigenvalue weighted by molar-refractivity contribution is -0.155. The van der Waals surface area contributed by atoms with Crippen LogP contribution < -0.4 is 20.5 Å². The molecule has 1 spiro atoms. The first-order chi connectivity index (χ1) is 34.6. The molecule has 0 radical (unpaired) electrons. The molecule has 4 aliphatic rings. The number of nitrogens with one attached hydrogen (secondary N) is 3. The molecule has 15 heteroatoms. The van der Waals surface area contributed by atoms with E-state index in [1.54, 1.807) is 12.0 Å². The molecule has 5 atom stereocenters. The van der Waals surface area contributed by atoms with E-state index >= 15 is 4.79 Å². The highest BCUT2D eigenvalue weighted by Gasteiger charge is 2.52. The molecule has 8 rings (SSSR count). The number of hydrogen-bond donors (Lipinski definition) is 3. The average molecular weight is 1020 g/mol. The number of methoxy groups -OCH3 is 1. The number of likely N-dealkylation sites (tertiary alicyclic amines) is 1. The van der Waals surface area contributed by atoms with Gasteiger partial charge >= 0.3 is 5.97 Å². The van der Waals surface area contributed by atoms with Crippen LogP contribution in [0.4, 0.5) is 0 Å². The fourth-order valence-electron chi connectivity index (χ4n) is 13.0. The molecule has 73 heavy (non-hydrogen) atoms. The number of hydrazine groups is 1. The van der Waals surface area contributed by atoms with Crippen LogP contribution in [-0.2, 0) is 48.0 Å². The van der Waals surface area contributed by atoms with E-state index in [0.29, 0.717) is 68.5 Å². The molecule has 6 bridgehead atoms. The van der Waals surface area contributed by atoms with Crippen molar-refractivity contribution in [3.8, 4) is 28.1 Å². The van der Waals surface area contributed by atoms with Crippen molar-refractivity contribution in [1.29, 1.82) is 0 Å². The number of pyridine rings is 1. The Balaban J connectivity index is 1.32. The van der Waals surface area contributed by atoms with Crippen molar-refractivity contribution < 1.29 is 33.1 Å². The predicted molar refractivity (Wildman–Crippen MR) is 290 cm³/mol. The van der Waals surface area contributed by atoms with Crippen molar-refractivity contribution in [2.24, 2.45) is 16.7 Å². The number of aromatic nitrogens is 2. The molecular formula is C58H83N7O7Si. The minimum Gasteiger partial charge on any atom is -0.543 e. The lowest BCUT2D eigenvalue weighted by atomic mass is 9.84. The van der Waals surface area contributed by atoms with Crippen molar-refractivity contribution >= 4 is 42.9 Å². The largest absolute Gasteiger partial charge is 0.543 e. The molecule has 0 aliphatic carbocycles. The molecule has 4 aromatic rings. The number of carbonyl (C=O) groups is 4. The summed E-state index contributed by atoms with van der Waals surface area (Å²) in [5.74, 6) is -0.648. The Bertz CT molecular complexity index is 2670. The third-order valence-corrected chi connectivity index (χ3v) is 22.7. The summed E-state index contributed by atoms with van der Waals surface area (Å²) in [4.78, 5) is 65.2. The summed E-state index contributed by atoms with van der Waals surface area (Å²) in [6, 6.07) is 14.5. The van der Waals surface area contributed by atoms with Gasteiger partial charge in [-0.2, -0.15) is 0 Å². The van der Waals surface area contributed by atoms with Gasteiger partial charge in [0.05, 0.1) is 29.5 Å². The van der Waals surface area contributed by atoms with E-state index in [2.05, 4.69) is 125 Å². The van der Waals surface area contributed by atoms with E-state index in [0.717, 1.165) is 68.8 Å². The first kappa shape index (κ1) is 54.2. The number of carbonyl (C=O) groups excluding carboxylic acids is 4. The van der Waals surface area contributed by atoms with Crippen molar-refractivity contribution in [2.75, 3.05) is 39.9 Å². The Morgan fingerprint density at radius 2 is 1.68 bits per heavy atom. The maximum Gasteiger partial charge on any atom is 0.324 e. The van der Waals surface area contributed by atoms with Gasteiger partial charge in [0, 0.05) is 67.8 Å². The number of cyclic esters (lactones) is 1. The van der Waals surface area contributed by atoms with Crippen LogP contribution in [-0.4, -0.2) is 109 Å². The number of esters is 1. The van der Waals surface area contributed by atoms with Crippen molar-refractivity contribution in [1.82, 2.24) is 35.5 Å². The molecule has 14 nitrogen and oxygen atoms in total. The highest BCUT2D eigenvalue weighted by Crippen LogP contribution is 2.46. The molecule has 396 valence electrons. The maximum atomic E-state index is 15.2. The third-order valence-electron chi connectivity index (χ3n) is 16.7. The lowest BCUT2D eigenvalue weighted by Crippen LogP contribution is -2.62. The normalized spacial score (nSPS) is 22.7. The standard InChI is InChI=1S/C58H83N7O7Si/c1-14-63-49-20-19-41-31-45(49)46(52(63)44-17-15-23-60-50(44)39(10)70-13)32-57(11,12)34-71-55(68)47-18-16-25-65(62-47)54(67)48(61-53(66)51(35(2)3)64-26-22-58(56(64)69)21-24-59-33-58)29-40-27-42(41)30-43(28-40)72-73(36(4)5,37(6)7)38(8)9/h15,17,19-20,23,27-28,30-31,35-39,47-48,51,59,62H,14,16,18,21-22,24-26,29,32-34H2,1-13H3,(H,61,66)/t39-,47-,48-,51-,58-/m0/s1. The number of benzene rings is 2. The van der Waals surface area contributed by atoms with Gasteiger partial charge in [-0.3, -0.25) is 29.2 Å². The molecule has 2 aromatic heterocycles. The van der Waals surface area contributed by atoms with Gasteiger partial charge in [0.1, 0.15) is 23.9 Å². The number of rotatable bonds is 13. The van der Waals surface area contributed by atoms with E-state index in [4.69, 9.17) is 18.9 Å². The smallest absolute Gasteiger partial charge is 0.324 e. The monoisotopic (exact) mass is 1020 g/mol. The van der Waals surface area contributed by atoms with Crippen LogP contribution in [0.1, 0.15) is 132 Å². The number of ether oxygens (including phenoxy) is 2. The second kappa shape index (κ2) is 21.6. The Morgan fingerprint density at radius 3 is 2.34 bits per heavy atom. The van der Waals surface area contributed by atoms with Crippen molar-refractivity contribution in [3.63, 3.8) is 0 Å². The van der Waals surface area contributed by atoms with Gasteiger partial charge in [-0.25, -0.2) is 5.43 Å². The fraction of sp³-hybridized carbons (Fsp3) is 0.603. The van der Waals surface area contributed by atoms with Crippen LogP contribution in [0.2, 0.25) is 16.6 Å². The zero-order chi connectivity index (χ0) is 52.7. The van der Waals surface area contributed by atoms with E-state index in [9.17, 15) is 14.4 Å². The summed E-state index contributed by atoms with van der Waals surface area (Å²) >= 11 is 0. The van der Waals surface area contributed by atoms with Crippen LogP contribution >= 0.6 is 0 Å². The molecule has 3 fully saturated rings. The van der Waals surface area contributed by atoms with Crippen LogP contribution in [0.25, 0.3) is 33.3 Å². The van der Waals surface area contributed by atoms with E-state index in [1.807, 2.05) is 33.0 Å². The van der Waals surface area contributed by atoms with Gasteiger partial charge in [-0.15, -0.1) is 0 Å². The molecule has 2 aromatic carbocycles. The Hall–Kier alpha value is -5.09. The van der Waals surface area contributed by atoms with E-state index < -0.39 is 43.2 Å². The Morgan fingerprint density at radius 1 is 0.945 bits per heavy atom. The summed E-state index contributed by atoms with van der Waals surface area (Å²) in [6.07, 6.45) is 4.73. The van der Waals surface area contributed by atoms with Gasteiger partial charge in [0.15, 0.2) is 0 Å². The summed E-state index contributed by atoms with van der Waals surface area (Å²) < 4.78 is 22.0. The summed E-state index contributed by atoms with van der Waals surface area (Å²) in [6.45, 7) is 29.1. The second-order valence-electron chi connectivity index (χ2n) is 23.6. The highest BCUT2D eigenvalue weighted by molar-refractivity contribution is 6.78. The maximum absolute atomic E-state index is 15.2. The number of fused-ring (bicyclic) bond motifs is 6. The molecule has 3 amide bonds. The van der Waals surface area contributed by atoms with Crippen molar-refractivity contribution in [3.05, 3.63) is 71.5 Å². The number of hydrogen-bond acceptors (Lipinski definition) is 10.